The highest BCUT2D eigenvalue weighted by Gasteiger charge is 2.49. The molecule has 0 radical (unpaired) electrons. The third kappa shape index (κ3) is 3.76. The second-order valence-electron chi connectivity index (χ2n) is 6.29. The Morgan fingerprint density at radius 3 is 1.44 bits per heavy atom. The van der Waals surface area contributed by atoms with Crippen molar-refractivity contribution in [3.63, 3.8) is 0 Å². The molecule has 1 aliphatic heterocycles. The first-order valence-electron chi connectivity index (χ1n) is 8.35. The zero-order valence-electron chi connectivity index (χ0n) is 13.8. The van der Waals surface area contributed by atoms with Gasteiger partial charge in [-0.1, -0.05) is 60.7 Å². The molecule has 0 saturated carbocycles. The second-order valence-corrected chi connectivity index (χ2v) is 6.29. The van der Waals surface area contributed by atoms with Crippen molar-refractivity contribution >= 4 is 17.8 Å². The van der Waals surface area contributed by atoms with Gasteiger partial charge in [0.2, 0.25) is 11.8 Å². The third-order valence-electron chi connectivity index (χ3n) is 4.69. The molecule has 5 nitrogen and oxygen atoms in total. The number of rotatable bonds is 6. The van der Waals surface area contributed by atoms with Crippen LogP contribution in [0.25, 0.3) is 0 Å². The van der Waals surface area contributed by atoms with Crippen molar-refractivity contribution in [3.8, 4) is 0 Å². The lowest BCUT2D eigenvalue weighted by molar-refractivity contribution is -0.145. The first-order chi connectivity index (χ1) is 12.1. The lowest BCUT2D eigenvalue weighted by Crippen LogP contribution is -2.62. The van der Waals surface area contributed by atoms with Crippen LogP contribution < -0.4 is 10.6 Å². The van der Waals surface area contributed by atoms with Gasteiger partial charge >= 0.3 is 6.03 Å². The van der Waals surface area contributed by atoms with E-state index in [4.69, 9.17) is 0 Å². The van der Waals surface area contributed by atoms with Gasteiger partial charge < -0.3 is 0 Å². The average molecular weight is 336 g/mol. The number of carbonyl (C=O) groups is 3. The largest absolute Gasteiger partial charge is 0.328 e. The number of barbiturate groups is 1. The zero-order chi connectivity index (χ0) is 17.7. The third-order valence-corrected chi connectivity index (χ3v) is 4.69. The van der Waals surface area contributed by atoms with Gasteiger partial charge in [0.05, 0.1) is 0 Å². The summed E-state index contributed by atoms with van der Waals surface area (Å²) in [5.41, 5.74) is 0.873. The maximum absolute atomic E-state index is 12.6. The molecule has 128 valence electrons. The second kappa shape index (κ2) is 7.30. The minimum absolute atomic E-state index is 0.356. The number of nitrogens with one attached hydrogen (secondary N) is 2. The molecule has 4 amide bonds. The summed E-state index contributed by atoms with van der Waals surface area (Å²) in [6.07, 6.45) is 1.89. The van der Waals surface area contributed by atoms with Gasteiger partial charge in [0, 0.05) is 0 Å². The molecular formula is C20H20N2O3. The van der Waals surface area contributed by atoms with E-state index in [1.807, 2.05) is 60.7 Å². The molecule has 3 rings (SSSR count). The summed E-state index contributed by atoms with van der Waals surface area (Å²) in [6.45, 7) is 0. The Morgan fingerprint density at radius 2 is 1.04 bits per heavy atom. The van der Waals surface area contributed by atoms with E-state index in [1.165, 1.54) is 0 Å². The van der Waals surface area contributed by atoms with Crippen LogP contribution in [0, 0.1) is 5.41 Å². The number of hydrogen-bond donors (Lipinski definition) is 2. The molecule has 1 fully saturated rings. The first kappa shape index (κ1) is 16.9. The van der Waals surface area contributed by atoms with Gasteiger partial charge in [0.25, 0.3) is 0 Å². The fraction of sp³-hybridized carbons (Fsp3) is 0.250. The van der Waals surface area contributed by atoms with Gasteiger partial charge in [-0.3, -0.25) is 20.2 Å². The highest BCUT2D eigenvalue weighted by atomic mass is 16.2. The van der Waals surface area contributed by atoms with E-state index in [2.05, 4.69) is 10.6 Å². The van der Waals surface area contributed by atoms with Crippen molar-refractivity contribution in [1.82, 2.24) is 10.6 Å². The number of urea groups is 1. The van der Waals surface area contributed by atoms with Crippen molar-refractivity contribution in [2.24, 2.45) is 5.41 Å². The first-order valence-corrected chi connectivity index (χ1v) is 8.35. The van der Waals surface area contributed by atoms with E-state index >= 15 is 0 Å². The molecule has 1 aliphatic rings. The van der Waals surface area contributed by atoms with Crippen LogP contribution in [-0.2, 0) is 22.4 Å². The Bertz CT molecular complexity index is 707. The lowest BCUT2D eigenvalue weighted by Gasteiger charge is -2.34. The molecule has 5 heteroatoms. The summed E-state index contributed by atoms with van der Waals surface area (Å²) in [7, 11) is 0. The Morgan fingerprint density at radius 1 is 0.640 bits per heavy atom. The fourth-order valence-corrected chi connectivity index (χ4v) is 3.16. The van der Waals surface area contributed by atoms with Crippen molar-refractivity contribution in [2.75, 3.05) is 0 Å². The number of benzene rings is 2. The van der Waals surface area contributed by atoms with Gasteiger partial charge in [0.15, 0.2) is 0 Å². The fourth-order valence-electron chi connectivity index (χ4n) is 3.16. The Balaban J connectivity index is 1.81. The molecule has 0 spiro atoms. The van der Waals surface area contributed by atoms with E-state index in [9.17, 15) is 14.4 Å². The Labute approximate surface area is 146 Å². The topological polar surface area (TPSA) is 75.3 Å². The summed E-state index contributed by atoms with van der Waals surface area (Å²) in [5, 5.41) is 4.53. The zero-order valence-corrected chi connectivity index (χ0v) is 13.8. The number of aryl methyl sites for hydroxylation is 2. The maximum Gasteiger partial charge on any atom is 0.328 e. The molecule has 2 aromatic rings. The van der Waals surface area contributed by atoms with Crippen LogP contribution in [0.4, 0.5) is 4.79 Å². The normalized spacial score (nSPS) is 16.2. The molecule has 1 heterocycles. The number of carbonyl (C=O) groups excluding carboxylic acids is 3. The standard InChI is InChI=1S/C20H20N2O3/c23-17-20(18(24)22-19(25)21-17,13-11-15-7-3-1-4-8-15)14-12-16-9-5-2-6-10-16/h1-10H,11-14H2,(H2,21,22,23,24,25). The summed E-state index contributed by atoms with van der Waals surface area (Å²) >= 11 is 0. The molecule has 0 atom stereocenters. The molecule has 0 bridgehead atoms. The van der Waals surface area contributed by atoms with Crippen LogP contribution in [0.3, 0.4) is 0 Å². The van der Waals surface area contributed by atoms with Crippen LogP contribution in [0.15, 0.2) is 60.7 Å². The molecule has 0 aliphatic carbocycles. The summed E-state index contributed by atoms with van der Waals surface area (Å²) in [6, 6.07) is 18.7. The molecule has 2 N–H and O–H groups in total. The lowest BCUT2D eigenvalue weighted by atomic mass is 9.74. The van der Waals surface area contributed by atoms with Crippen molar-refractivity contribution in [3.05, 3.63) is 71.8 Å². The van der Waals surface area contributed by atoms with Crippen LogP contribution in [0.2, 0.25) is 0 Å². The number of imide groups is 2. The van der Waals surface area contributed by atoms with Crippen LogP contribution in [-0.4, -0.2) is 17.8 Å². The SMILES string of the molecule is O=C1NC(=O)C(CCc2ccccc2)(CCc2ccccc2)C(=O)N1. The number of hydrogen-bond acceptors (Lipinski definition) is 3. The van der Waals surface area contributed by atoms with Crippen molar-refractivity contribution < 1.29 is 14.4 Å². The van der Waals surface area contributed by atoms with E-state index in [0.717, 1.165) is 11.1 Å². The molecule has 25 heavy (non-hydrogen) atoms. The average Bonchev–Trinajstić information content (AvgIpc) is 2.62. The maximum atomic E-state index is 12.6. The van der Waals surface area contributed by atoms with Gasteiger partial charge in [-0.05, 0) is 36.8 Å². The minimum atomic E-state index is -1.24. The monoisotopic (exact) mass is 336 g/mol. The molecule has 2 aromatic carbocycles. The molecule has 0 aromatic heterocycles. The van der Waals surface area contributed by atoms with E-state index < -0.39 is 23.3 Å². The van der Waals surface area contributed by atoms with Gasteiger partial charge in [-0.2, -0.15) is 0 Å². The van der Waals surface area contributed by atoms with Gasteiger partial charge in [0.1, 0.15) is 5.41 Å². The number of amides is 4. The Kier molecular flexibility index (Phi) is 4.93. The van der Waals surface area contributed by atoms with Crippen molar-refractivity contribution in [2.45, 2.75) is 25.7 Å². The van der Waals surface area contributed by atoms with Gasteiger partial charge in [-0.25, -0.2) is 4.79 Å². The summed E-state index contributed by atoms with van der Waals surface area (Å²) < 4.78 is 0. The molecular weight excluding hydrogens is 316 g/mol. The molecule has 1 saturated heterocycles. The quantitative estimate of drug-likeness (QED) is 0.796. The highest BCUT2D eigenvalue weighted by Crippen LogP contribution is 2.33. The van der Waals surface area contributed by atoms with E-state index in [0.29, 0.717) is 25.7 Å². The van der Waals surface area contributed by atoms with E-state index in [-0.39, 0.29) is 0 Å². The minimum Gasteiger partial charge on any atom is -0.277 e. The summed E-state index contributed by atoms with van der Waals surface area (Å²) in [5.74, 6) is -1.01. The summed E-state index contributed by atoms with van der Waals surface area (Å²) in [4.78, 5) is 36.6. The highest BCUT2D eigenvalue weighted by molar-refractivity contribution is 6.19. The Hall–Kier alpha value is -2.95. The van der Waals surface area contributed by atoms with Gasteiger partial charge in [-0.15, -0.1) is 0 Å². The predicted molar refractivity (Wildman–Crippen MR) is 93.6 cm³/mol. The van der Waals surface area contributed by atoms with Crippen LogP contribution >= 0.6 is 0 Å². The predicted octanol–water partition coefficient (Wildman–Crippen LogP) is 2.60. The van der Waals surface area contributed by atoms with E-state index in [1.54, 1.807) is 0 Å². The van der Waals surface area contributed by atoms with Crippen molar-refractivity contribution in [1.29, 1.82) is 0 Å². The smallest absolute Gasteiger partial charge is 0.277 e. The molecule has 0 unspecified atom stereocenters. The van der Waals surface area contributed by atoms with Crippen LogP contribution in [0.1, 0.15) is 24.0 Å². The van der Waals surface area contributed by atoms with Crippen LogP contribution in [0.5, 0.6) is 0 Å².